The Morgan fingerprint density at radius 1 is 1.15 bits per heavy atom. The summed E-state index contributed by atoms with van der Waals surface area (Å²) < 4.78 is 5.22. The number of hydrogen-bond donors (Lipinski definition) is 0. The molecule has 1 aromatic rings. The molecule has 0 saturated carbocycles. The standard InChI is InChI=1S/C12H13O/c1-3-5-11-6-8-12(9-7-11)13-10-4-2/h3-4,6-10H,1-2,5H2. The molecule has 0 fully saturated rings. The van der Waals surface area contributed by atoms with Crippen molar-refractivity contribution in [3.8, 4) is 5.75 Å². The molecule has 1 heteroatoms. The SMILES string of the molecule is C=C[CH]Oc1ccc(CC=C)cc1. The molecular weight excluding hydrogens is 160 g/mol. The van der Waals surface area contributed by atoms with E-state index in [1.54, 1.807) is 12.7 Å². The summed E-state index contributed by atoms with van der Waals surface area (Å²) in [6.07, 6.45) is 4.38. The van der Waals surface area contributed by atoms with Crippen LogP contribution in [-0.4, -0.2) is 0 Å². The third-order valence-electron chi connectivity index (χ3n) is 1.60. The summed E-state index contributed by atoms with van der Waals surface area (Å²) in [6, 6.07) is 7.90. The van der Waals surface area contributed by atoms with Crippen molar-refractivity contribution in [3.05, 3.63) is 61.7 Å². The minimum absolute atomic E-state index is 0.827. The van der Waals surface area contributed by atoms with Crippen LogP contribution in [0.1, 0.15) is 5.56 Å². The van der Waals surface area contributed by atoms with E-state index in [0.717, 1.165) is 12.2 Å². The van der Waals surface area contributed by atoms with Gasteiger partial charge in [0, 0.05) is 0 Å². The molecule has 1 rings (SSSR count). The van der Waals surface area contributed by atoms with Gasteiger partial charge in [-0.15, -0.1) is 6.58 Å². The van der Waals surface area contributed by atoms with Gasteiger partial charge in [0.1, 0.15) is 5.75 Å². The summed E-state index contributed by atoms with van der Waals surface area (Å²) in [5.74, 6) is 0.827. The van der Waals surface area contributed by atoms with E-state index in [1.807, 2.05) is 30.3 Å². The molecule has 0 saturated heterocycles. The molecule has 0 unspecified atom stereocenters. The monoisotopic (exact) mass is 173 g/mol. The first-order valence-electron chi connectivity index (χ1n) is 4.17. The van der Waals surface area contributed by atoms with Crippen LogP contribution in [-0.2, 0) is 6.42 Å². The van der Waals surface area contributed by atoms with Crippen LogP contribution in [0, 0.1) is 6.61 Å². The highest BCUT2D eigenvalue weighted by molar-refractivity contribution is 5.28. The predicted octanol–water partition coefficient (Wildman–Crippen LogP) is 3.14. The van der Waals surface area contributed by atoms with E-state index in [9.17, 15) is 0 Å². The molecule has 0 amide bonds. The van der Waals surface area contributed by atoms with Gasteiger partial charge in [0.2, 0.25) is 0 Å². The van der Waals surface area contributed by atoms with Gasteiger partial charge >= 0.3 is 0 Å². The summed E-state index contributed by atoms with van der Waals surface area (Å²) in [4.78, 5) is 0. The van der Waals surface area contributed by atoms with Gasteiger partial charge in [0.15, 0.2) is 6.61 Å². The van der Waals surface area contributed by atoms with Crippen LogP contribution >= 0.6 is 0 Å². The Balaban J connectivity index is 2.58. The van der Waals surface area contributed by atoms with Crippen molar-refractivity contribution in [1.82, 2.24) is 0 Å². The lowest BCUT2D eigenvalue weighted by atomic mass is 10.1. The van der Waals surface area contributed by atoms with Crippen LogP contribution in [0.5, 0.6) is 5.75 Å². The van der Waals surface area contributed by atoms with Crippen molar-refractivity contribution in [1.29, 1.82) is 0 Å². The Hall–Kier alpha value is -1.50. The lowest BCUT2D eigenvalue weighted by Crippen LogP contribution is -1.87. The number of ether oxygens (including phenoxy) is 1. The van der Waals surface area contributed by atoms with Gasteiger partial charge in [0.25, 0.3) is 0 Å². The van der Waals surface area contributed by atoms with E-state index in [-0.39, 0.29) is 0 Å². The minimum atomic E-state index is 0.827. The van der Waals surface area contributed by atoms with Gasteiger partial charge in [-0.25, -0.2) is 0 Å². The van der Waals surface area contributed by atoms with Gasteiger partial charge in [-0.2, -0.15) is 0 Å². The second-order valence-corrected chi connectivity index (χ2v) is 2.63. The molecule has 0 spiro atoms. The second kappa shape index (κ2) is 5.20. The molecule has 0 bridgehead atoms. The molecule has 0 atom stereocenters. The van der Waals surface area contributed by atoms with Gasteiger partial charge in [-0.05, 0) is 30.2 Å². The Bertz CT molecular complexity index is 272. The lowest BCUT2D eigenvalue weighted by molar-refractivity contribution is 0.434. The Labute approximate surface area is 79.4 Å². The fourth-order valence-electron chi connectivity index (χ4n) is 0.997. The maximum Gasteiger partial charge on any atom is 0.157 e. The van der Waals surface area contributed by atoms with Crippen molar-refractivity contribution in [2.24, 2.45) is 0 Å². The fraction of sp³-hybridized carbons (Fsp3) is 0.0833. The maximum atomic E-state index is 5.22. The van der Waals surface area contributed by atoms with Crippen LogP contribution in [0.2, 0.25) is 0 Å². The van der Waals surface area contributed by atoms with E-state index >= 15 is 0 Å². The predicted molar refractivity (Wildman–Crippen MR) is 55.5 cm³/mol. The van der Waals surface area contributed by atoms with Crippen molar-refractivity contribution in [2.45, 2.75) is 6.42 Å². The molecular formula is C12H13O. The highest BCUT2D eigenvalue weighted by Crippen LogP contribution is 2.13. The summed E-state index contributed by atoms with van der Waals surface area (Å²) in [7, 11) is 0. The Morgan fingerprint density at radius 2 is 1.85 bits per heavy atom. The average molecular weight is 173 g/mol. The van der Waals surface area contributed by atoms with Crippen molar-refractivity contribution in [3.63, 3.8) is 0 Å². The zero-order valence-electron chi connectivity index (χ0n) is 7.57. The summed E-state index contributed by atoms with van der Waals surface area (Å²) in [5.41, 5.74) is 1.24. The first kappa shape index (κ1) is 9.59. The molecule has 67 valence electrons. The average Bonchev–Trinajstić information content (AvgIpc) is 2.17. The van der Waals surface area contributed by atoms with Crippen molar-refractivity contribution < 1.29 is 4.74 Å². The Kier molecular flexibility index (Phi) is 3.83. The molecule has 13 heavy (non-hydrogen) atoms. The molecule has 1 nitrogen and oxygen atoms in total. The third-order valence-corrected chi connectivity index (χ3v) is 1.60. The Morgan fingerprint density at radius 3 is 2.38 bits per heavy atom. The molecule has 0 aliphatic rings. The summed E-state index contributed by atoms with van der Waals surface area (Å²) >= 11 is 0. The van der Waals surface area contributed by atoms with E-state index in [4.69, 9.17) is 4.74 Å². The fourth-order valence-corrected chi connectivity index (χ4v) is 0.997. The normalized spacial score (nSPS) is 9.23. The van der Waals surface area contributed by atoms with Crippen molar-refractivity contribution >= 4 is 0 Å². The smallest absolute Gasteiger partial charge is 0.157 e. The highest BCUT2D eigenvalue weighted by Gasteiger charge is 1.92. The molecule has 0 heterocycles. The molecule has 0 aromatic heterocycles. The molecule has 1 radical (unpaired) electrons. The summed E-state index contributed by atoms with van der Waals surface area (Å²) in [6.45, 7) is 8.76. The number of hydrogen-bond acceptors (Lipinski definition) is 1. The highest BCUT2D eigenvalue weighted by atomic mass is 16.5. The second-order valence-electron chi connectivity index (χ2n) is 2.63. The van der Waals surface area contributed by atoms with Crippen molar-refractivity contribution in [2.75, 3.05) is 0 Å². The van der Waals surface area contributed by atoms with Crippen LogP contribution in [0.25, 0.3) is 0 Å². The van der Waals surface area contributed by atoms with Crippen LogP contribution in [0.3, 0.4) is 0 Å². The minimum Gasteiger partial charge on any atom is -0.482 e. The van der Waals surface area contributed by atoms with Crippen LogP contribution < -0.4 is 4.74 Å². The number of allylic oxidation sites excluding steroid dienone is 1. The van der Waals surface area contributed by atoms with Crippen LogP contribution in [0.4, 0.5) is 0 Å². The third kappa shape index (κ3) is 3.16. The van der Waals surface area contributed by atoms with Gasteiger partial charge in [-0.1, -0.05) is 24.8 Å². The topological polar surface area (TPSA) is 9.23 Å². The van der Waals surface area contributed by atoms with Gasteiger partial charge < -0.3 is 4.74 Å². The summed E-state index contributed by atoms with van der Waals surface area (Å²) in [5, 5.41) is 0. The first-order valence-corrected chi connectivity index (χ1v) is 4.17. The number of benzene rings is 1. The zero-order valence-corrected chi connectivity index (χ0v) is 7.57. The van der Waals surface area contributed by atoms with Crippen LogP contribution in [0.15, 0.2) is 49.6 Å². The molecule has 0 N–H and O–H groups in total. The molecule has 1 aromatic carbocycles. The zero-order chi connectivity index (χ0) is 9.52. The van der Waals surface area contributed by atoms with Gasteiger partial charge in [0.05, 0.1) is 0 Å². The largest absolute Gasteiger partial charge is 0.482 e. The maximum absolute atomic E-state index is 5.22. The molecule has 0 aliphatic carbocycles. The van der Waals surface area contributed by atoms with E-state index in [0.29, 0.717) is 0 Å². The van der Waals surface area contributed by atoms with Gasteiger partial charge in [-0.3, -0.25) is 0 Å². The quantitative estimate of drug-likeness (QED) is 0.621. The first-order chi connectivity index (χ1) is 6.36. The molecule has 0 aliphatic heterocycles. The van der Waals surface area contributed by atoms with E-state index in [2.05, 4.69) is 13.2 Å². The van der Waals surface area contributed by atoms with E-state index < -0.39 is 0 Å². The lowest BCUT2D eigenvalue weighted by Gasteiger charge is -2.02. The number of rotatable bonds is 5. The van der Waals surface area contributed by atoms with E-state index in [1.165, 1.54) is 5.56 Å².